The molecule has 0 aliphatic heterocycles. The molecule has 0 amide bonds. The van der Waals surface area contributed by atoms with Gasteiger partial charge in [0, 0.05) is 12.6 Å². The minimum atomic E-state index is -3.69. The quantitative estimate of drug-likeness (QED) is 0.800. The molecule has 0 atom stereocenters. The highest BCUT2D eigenvalue weighted by molar-refractivity contribution is 7.89. The van der Waals surface area contributed by atoms with Gasteiger partial charge < -0.3 is 14.2 Å². The van der Waals surface area contributed by atoms with Crippen molar-refractivity contribution in [1.82, 2.24) is 4.72 Å². The Balaban J connectivity index is 2.35. The molecule has 7 heteroatoms. The molecule has 0 radical (unpaired) electrons. The summed E-state index contributed by atoms with van der Waals surface area (Å²) >= 11 is 0. The predicted octanol–water partition coefficient (Wildman–Crippen LogP) is 3.12. The van der Waals surface area contributed by atoms with Crippen LogP contribution in [-0.2, 0) is 16.6 Å². The van der Waals surface area contributed by atoms with Gasteiger partial charge in [0.2, 0.25) is 10.0 Å². The van der Waals surface area contributed by atoms with Gasteiger partial charge >= 0.3 is 0 Å². The molecule has 2 aromatic rings. The number of methoxy groups -OCH3 is 3. The second-order valence-corrected chi connectivity index (χ2v) is 7.72. The van der Waals surface area contributed by atoms with Crippen LogP contribution in [0.4, 0.5) is 0 Å². The minimum absolute atomic E-state index is 0.125. The number of hydrogen-bond donors (Lipinski definition) is 1. The average Bonchev–Trinajstić information content (AvgIpc) is 2.62. The molecule has 0 aliphatic rings. The highest BCUT2D eigenvalue weighted by Crippen LogP contribution is 2.30. The molecule has 142 valence electrons. The largest absolute Gasteiger partial charge is 0.497 e. The Hall–Kier alpha value is -2.25. The van der Waals surface area contributed by atoms with Crippen molar-refractivity contribution in [3.63, 3.8) is 0 Å². The van der Waals surface area contributed by atoms with Crippen LogP contribution in [0.25, 0.3) is 0 Å². The number of sulfonamides is 1. The Morgan fingerprint density at radius 1 is 0.846 bits per heavy atom. The number of nitrogens with one attached hydrogen (secondary N) is 1. The van der Waals surface area contributed by atoms with E-state index in [-0.39, 0.29) is 11.4 Å². The normalized spacial score (nSPS) is 11.3. The van der Waals surface area contributed by atoms with Gasteiger partial charge in [-0.3, -0.25) is 0 Å². The van der Waals surface area contributed by atoms with Crippen LogP contribution >= 0.6 is 0 Å². The van der Waals surface area contributed by atoms with Crippen LogP contribution in [0.1, 0.15) is 22.3 Å². The number of hydrogen-bond acceptors (Lipinski definition) is 5. The summed E-state index contributed by atoms with van der Waals surface area (Å²) in [6, 6.07) is 7.01. The van der Waals surface area contributed by atoms with Gasteiger partial charge in [0.05, 0.1) is 26.2 Å². The van der Waals surface area contributed by atoms with E-state index in [4.69, 9.17) is 14.2 Å². The van der Waals surface area contributed by atoms with Crippen molar-refractivity contribution in [2.45, 2.75) is 32.2 Å². The zero-order chi connectivity index (χ0) is 19.5. The molecule has 6 nitrogen and oxygen atoms in total. The number of rotatable bonds is 7. The lowest BCUT2D eigenvalue weighted by atomic mass is 10.1. The third kappa shape index (κ3) is 4.11. The van der Waals surface area contributed by atoms with Crippen LogP contribution in [0, 0.1) is 20.8 Å². The molecule has 0 heterocycles. The topological polar surface area (TPSA) is 73.9 Å². The summed E-state index contributed by atoms with van der Waals surface area (Å²) in [4.78, 5) is 0.283. The summed E-state index contributed by atoms with van der Waals surface area (Å²) in [6.07, 6.45) is 0. The van der Waals surface area contributed by atoms with E-state index in [1.54, 1.807) is 59.4 Å². The van der Waals surface area contributed by atoms with Gasteiger partial charge in [0.25, 0.3) is 0 Å². The second kappa shape index (κ2) is 7.97. The lowest BCUT2D eigenvalue weighted by Crippen LogP contribution is -2.25. The summed E-state index contributed by atoms with van der Waals surface area (Å²) in [5, 5.41) is 0. The molecule has 0 spiro atoms. The van der Waals surface area contributed by atoms with Crippen molar-refractivity contribution in [2.24, 2.45) is 0 Å². The molecular weight excluding hydrogens is 354 g/mol. The fourth-order valence-electron chi connectivity index (χ4n) is 2.87. The van der Waals surface area contributed by atoms with Gasteiger partial charge in [-0.1, -0.05) is 0 Å². The minimum Gasteiger partial charge on any atom is -0.497 e. The fraction of sp³-hybridized carbons (Fsp3) is 0.368. The Kier molecular flexibility index (Phi) is 6.15. The monoisotopic (exact) mass is 379 g/mol. The van der Waals surface area contributed by atoms with Crippen LogP contribution in [0.3, 0.4) is 0 Å². The van der Waals surface area contributed by atoms with E-state index >= 15 is 0 Å². The standard InChI is InChI=1S/C19H25NO5S/c1-12-7-18(25-6)13(2)14(3)19(12)26(21,22)20-11-15-8-16(23-4)10-17(9-15)24-5/h7-10,20H,11H2,1-6H3. The zero-order valence-electron chi connectivity index (χ0n) is 16.0. The van der Waals surface area contributed by atoms with Crippen molar-refractivity contribution >= 4 is 10.0 Å². The summed E-state index contributed by atoms with van der Waals surface area (Å²) in [5.41, 5.74) is 2.87. The molecule has 2 rings (SSSR count). The summed E-state index contributed by atoms with van der Waals surface area (Å²) in [7, 11) is 0.982. The lowest BCUT2D eigenvalue weighted by molar-refractivity contribution is 0.393. The van der Waals surface area contributed by atoms with E-state index in [0.717, 1.165) is 11.1 Å². The Bertz CT molecular complexity index is 884. The highest BCUT2D eigenvalue weighted by Gasteiger charge is 2.22. The Labute approximate surface area is 155 Å². The first kappa shape index (κ1) is 20.1. The van der Waals surface area contributed by atoms with Gasteiger partial charge in [-0.15, -0.1) is 0 Å². The molecule has 0 saturated carbocycles. The van der Waals surface area contributed by atoms with Crippen LogP contribution in [0.15, 0.2) is 29.2 Å². The summed E-state index contributed by atoms with van der Waals surface area (Å²) < 4.78 is 44.2. The van der Waals surface area contributed by atoms with Crippen molar-refractivity contribution in [3.8, 4) is 17.2 Å². The first-order valence-electron chi connectivity index (χ1n) is 8.10. The summed E-state index contributed by atoms with van der Waals surface area (Å²) in [5.74, 6) is 1.88. The molecule has 0 fully saturated rings. The first-order chi connectivity index (χ1) is 12.2. The lowest BCUT2D eigenvalue weighted by Gasteiger charge is -2.17. The summed E-state index contributed by atoms with van der Waals surface area (Å²) in [6.45, 7) is 5.52. The molecular formula is C19H25NO5S. The molecule has 0 saturated heterocycles. The Morgan fingerprint density at radius 3 is 1.92 bits per heavy atom. The first-order valence-corrected chi connectivity index (χ1v) is 9.58. The van der Waals surface area contributed by atoms with E-state index in [1.807, 2.05) is 6.92 Å². The average molecular weight is 379 g/mol. The predicted molar refractivity (Wildman–Crippen MR) is 101 cm³/mol. The molecule has 0 aromatic heterocycles. The number of ether oxygens (including phenoxy) is 3. The molecule has 0 unspecified atom stereocenters. The van der Waals surface area contributed by atoms with E-state index in [9.17, 15) is 8.42 Å². The van der Waals surface area contributed by atoms with E-state index in [0.29, 0.717) is 28.4 Å². The van der Waals surface area contributed by atoms with E-state index in [2.05, 4.69) is 4.72 Å². The maximum atomic E-state index is 12.9. The van der Waals surface area contributed by atoms with Gasteiger partial charge in [0.1, 0.15) is 17.2 Å². The fourth-order valence-corrected chi connectivity index (χ4v) is 4.41. The van der Waals surface area contributed by atoms with Gasteiger partial charge in [-0.2, -0.15) is 0 Å². The van der Waals surface area contributed by atoms with Crippen molar-refractivity contribution in [2.75, 3.05) is 21.3 Å². The molecule has 0 aliphatic carbocycles. The molecule has 1 N–H and O–H groups in total. The SMILES string of the molecule is COc1cc(CNS(=O)(=O)c2c(C)cc(OC)c(C)c2C)cc(OC)c1. The maximum absolute atomic E-state index is 12.9. The molecule has 0 bridgehead atoms. The number of benzene rings is 2. The van der Waals surface area contributed by atoms with Gasteiger partial charge in [-0.05, 0) is 61.2 Å². The molecule has 2 aromatic carbocycles. The smallest absolute Gasteiger partial charge is 0.241 e. The van der Waals surface area contributed by atoms with Crippen LogP contribution < -0.4 is 18.9 Å². The van der Waals surface area contributed by atoms with Crippen LogP contribution in [0.2, 0.25) is 0 Å². The third-order valence-corrected chi connectivity index (χ3v) is 6.03. The van der Waals surface area contributed by atoms with E-state index < -0.39 is 10.0 Å². The van der Waals surface area contributed by atoms with Crippen molar-refractivity contribution in [3.05, 3.63) is 46.5 Å². The maximum Gasteiger partial charge on any atom is 0.241 e. The number of aryl methyl sites for hydroxylation is 1. The van der Waals surface area contributed by atoms with Crippen molar-refractivity contribution in [1.29, 1.82) is 0 Å². The highest BCUT2D eigenvalue weighted by atomic mass is 32.2. The second-order valence-electron chi connectivity index (χ2n) is 6.02. The molecule has 26 heavy (non-hydrogen) atoms. The van der Waals surface area contributed by atoms with Crippen LogP contribution in [0.5, 0.6) is 17.2 Å². The van der Waals surface area contributed by atoms with E-state index in [1.165, 1.54) is 0 Å². The zero-order valence-corrected chi connectivity index (χ0v) is 16.8. The van der Waals surface area contributed by atoms with Gasteiger partial charge in [-0.25, -0.2) is 13.1 Å². The Morgan fingerprint density at radius 2 is 1.42 bits per heavy atom. The van der Waals surface area contributed by atoms with Crippen LogP contribution in [-0.4, -0.2) is 29.7 Å². The van der Waals surface area contributed by atoms with Crippen molar-refractivity contribution < 1.29 is 22.6 Å². The third-order valence-electron chi connectivity index (χ3n) is 4.34. The van der Waals surface area contributed by atoms with Gasteiger partial charge in [0.15, 0.2) is 0 Å².